The molecule has 5 nitrogen and oxygen atoms in total. The zero-order valence-corrected chi connectivity index (χ0v) is 16.4. The molecule has 1 fully saturated rings. The van der Waals surface area contributed by atoms with Crippen LogP contribution in [0.25, 0.3) is 22.2 Å². The minimum absolute atomic E-state index is 0.0623. The lowest BCUT2D eigenvalue weighted by molar-refractivity contribution is -0.129. The number of fused-ring (bicyclic) bond motifs is 1. The summed E-state index contributed by atoms with van der Waals surface area (Å²) in [5.74, 6) is -0.224. The Morgan fingerprint density at radius 1 is 1.07 bits per heavy atom. The molecule has 1 aliphatic rings. The number of piperazine rings is 1. The number of aromatic nitrogens is 2. The molecule has 27 heavy (non-hydrogen) atoms. The molecule has 2 aromatic carbocycles. The average molecular weight is 429 g/mol. The van der Waals surface area contributed by atoms with Crippen molar-refractivity contribution in [3.05, 3.63) is 53.0 Å². The van der Waals surface area contributed by atoms with E-state index in [9.17, 15) is 9.18 Å². The summed E-state index contributed by atoms with van der Waals surface area (Å²) < 4.78 is 15.8. The summed E-state index contributed by atoms with van der Waals surface area (Å²) in [5.41, 5.74) is 2.78. The number of carbonyl (C=O) groups is 1. The van der Waals surface area contributed by atoms with Gasteiger partial charge in [-0.25, -0.2) is 14.4 Å². The minimum atomic E-state index is -0.287. The molecule has 1 saturated heterocycles. The highest BCUT2D eigenvalue weighted by Crippen LogP contribution is 2.31. The van der Waals surface area contributed by atoms with Gasteiger partial charge in [-0.15, -0.1) is 0 Å². The molecule has 1 aliphatic heterocycles. The van der Waals surface area contributed by atoms with Gasteiger partial charge < -0.3 is 9.80 Å². The number of rotatable bonds is 2. The molecule has 0 spiro atoms. The van der Waals surface area contributed by atoms with E-state index in [0.717, 1.165) is 15.4 Å². The van der Waals surface area contributed by atoms with E-state index >= 15 is 0 Å². The molecule has 1 amide bonds. The molecule has 0 N–H and O–H groups in total. The normalized spacial score (nSPS) is 14.6. The summed E-state index contributed by atoms with van der Waals surface area (Å²) in [6.07, 6.45) is 1.50. The van der Waals surface area contributed by atoms with Crippen LogP contribution in [0.1, 0.15) is 6.92 Å². The quantitative estimate of drug-likeness (QED) is 0.621. The molecule has 7 heteroatoms. The first kappa shape index (κ1) is 17.9. The second kappa shape index (κ2) is 7.23. The van der Waals surface area contributed by atoms with E-state index in [0.29, 0.717) is 43.1 Å². The Morgan fingerprint density at radius 2 is 1.85 bits per heavy atom. The molecule has 0 atom stereocenters. The summed E-state index contributed by atoms with van der Waals surface area (Å²) in [4.78, 5) is 23.9. The Labute approximate surface area is 165 Å². The van der Waals surface area contributed by atoms with Crippen molar-refractivity contribution in [3.8, 4) is 11.3 Å². The second-order valence-corrected chi connectivity index (χ2v) is 7.46. The largest absolute Gasteiger partial charge is 0.366 e. The van der Waals surface area contributed by atoms with Gasteiger partial charge in [-0.2, -0.15) is 0 Å². The summed E-state index contributed by atoms with van der Waals surface area (Å²) in [6, 6.07) is 11.0. The van der Waals surface area contributed by atoms with Crippen LogP contribution in [0.2, 0.25) is 0 Å². The molecule has 138 valence electrons. The number of hydrogen-bond donors (Lipinski definition) is 0. The number of hydrogen-bond acceptors (Lipinski definition) is 4. The number of carbonyl (C=O) groups excluding carboxylic acids is 1. The number of nitrogens with zero attached hydrogens (tertiary/aromatic N) is 4. The zero-order chi connectivity index (χ0) is 19.0. The Hall–Kier alpha value is -2.54. The summed E-state index contributed by atoms with van der Waals surface area (Å²) in [6.45, 7) is 4.04. The van der Waals surface area contributed by atoms with Gasteiger partial charge in [-0.05, 0) is 30.3 Å². The van der Waals surface area contributed by atoms with Gasteiger partial charge in [-0.1, -0.05) is 22.0 Å². The average Bonchev–Trinajstić information content (AvgIpc) is 2.67. The monoisotopic (exact) mass is 428 g/mol. The molecular weight excluding hydrogens is 411 g/mol. The Kier molecular flexibility index (Phi) is 4.78. The van der Waals surface area contributed by atoms with Gasteiger partial charge in [0, 0.05) is 48.5 Å². The van der Waals surface area contributed by atoms with E-state index in [4.69, 9.17) is 0 Å². The third kappa shape index (κ3) is 3.51. The van der Waals surface area contributed by atoms with Crippen molar-refractivity contribution in [1.29, 1.82) is 0 Å². The minimum Gasteiger partial charge on any atom is -0.366 e. The van der Waals surface area contributed by atoms with Crippen LogP contribution in [0, 0.1) is 5.82 Å². The fourth-order valence-electron chi connectivity index (χ4n) is 3.43. The van der Waals surface area contributed by atoms with Gasteiger partial charge in [0.1, 0.15) is 12.1 Å². The lowest BCUT2D eigenvalue weighted by atomic mass is 10.1. The van der Waals surface area contributed by atoms with E-state index in [1.54, 1.807) is 17.9 Å². The van der Waals surface area contributed by atoms with Crippen molar-refractivity contribution in [2.24, 2.45) is 0 Å². The highest BCUT2D eigenvalue weighted by Gasteiger charge is 2.21. The molecule has 0 unspecified atom stereocenters. The van der Waals surface area contributed by atoms with Crippen molar-refractivity contribution >= 4 is 38.4 Å². The van der Waals surface area contributed by atoms with E-state index in [-0.39, 0.29) is 11.7 Å². The Balaban J connectivity index is 1.65. The maximum Gasteiger partial charge on any atom is 0.219 e. The van der Waals surface area contributed by atoms with Crippen LogP contribution >= 0.6 is 15.9 Å². The van der Waals surface area contributed by atoms with Crippen LogP contribution in [-0.4, -0.2) is 47.0 Å². The van der Waals surface area contributed by atoms with Gasteiger partial charge in [-0.3, -0.25) is 4.79 Å². The predicted molar refractivity (Wildman–Crippen MR) is 107 cm³/mol. The van der Waals surface area contributed by atoms with Crippen molar-refractivity contribution in [2.45, 2.75) is 6.92 Å². The Bertz CT molecular complexity index is 1020. The van der Waals surface area contributed by atoms with E-state index in [1.165, 1.54) is 12.4 Å². The number of amides is 1. The van der Waals surface area contributed by atoms with Crippen LogP contribution in [0.4, 0.5) is 10.1 Å². The molecule has 0 bridgehead atoms. The molecule has 0 aliphatic carbocycles. The molecule has 3 aromatic rings. The van der Waals surface area contributed by atoms with Crippen LogP contribution < -0.4 is 4.90 Å². The van der Waals surface area contributed by atoms with E-state index in [2.05, 4.69) is 25.9 Å². The molecular formula is C20H18BrFN4O. The van der Waals surface area contributed by atoms with Gasteiger partial charge >= 0.3 is 0 Å². The lowest BCUT2D eigenvalue weighted by Crippen LogP contribution is -2.48. The third-order valence-corrected chi connectivity index (χ3v) is 5.38. The molecule has 2 heterocycles. The third-order valence-electron chi connectivity index (χ3n) is 4.88. The molecule has 0 saturated carbocycles. The number of halogens is 2. The van der Waals surface area contributed by atoms with E-state index < -0.39 is 0 Å². The fourth-order valence-corrected chi connectivity index (χ4v) is 3.79. The Morgan fingerprint density at radius 3 is 2.56 bits per heavy atom. The summed E-state index contributed by atoms with van der Waals surface area (Å²) >= 11 is 3.47. The van der Waals surface area contributed by atoms with Crippen LogP contribution in [0.3, 0.4) is 0 Å². The SMILES string of the molecule is CC(=O)N1CCN(c2ccc(-c3ncnc4ccc(Br)cc34)cc2F)CC1. The van der Waals surface area contributed by atoms with Crippen molar-refractivity contribution in [3.63, 3.8) is 0 Å². The second-order valence-electron chi connectivity index (χ2n) is 6.54. The van der Waals surface area contributed by atoms with Crippen LogP contribution in [0.15, 0.2) is 47.2 Å². The standard InChI is InChI=1S/C20H18BrFN4O/c1-13(27)25-6-8-26(9-7-25)19-5-2-14(10-17(19)22)20-16-11-15(21)3-4-18(16)23-12-24-20/h2-5,10-12H,6-9H2,1H3. The maximum absolute atomic E-state index is 14.9. The number of anilines is 1. The van der Waals surface area contributed by atoms with E-state index in [1.807, 2.05) is 29.2 Å². The van der Waals surface area contributed by atoms with Gasteiger partial charge in [0.15, 0.2) is 0 Å². The smallest absolute Gasteiger partial charge is 0.219 e. The van der Waals surface area contributed by atoms with Gasteiger partial charge in [0.25, 0.3) is 0 Å². The number of benzene rings is 2. The summed E-state index contributed by atoms with van der Waals surface area (Å²) in [7, 11) is 0. The topological polar surface area (TPSA) is 49.3 Å². The van der Waals surface area contributed by atoms with Crippen LogP contribution in [-0.2, 0) is 4.79 Å². The van der Waals surface area contributed by atoms with Crippen molar-refractivity contribution < 1.29 is 9.18 Å². The molecule has 0 radical (unpaired) electrons. The van der Waals surface area contributed by atoms with Crippen molar-refractivity contribution in [2.75, 3.05) is 31.1 Å². The maximum atomic E-state index is 14.9. The highest BCUT2D eigenvalue weighted by atomic mass is 79.9. The first-order valence-corrected chi connectivity index (χ1v) is 9.53. The predicted octanol–water partition coefficient (Wildman–Crippen LogP) is 3.87. The molecule has 4 rings (SSSR count). The first-order valence-electron chi connectivity index (χ1n) is 8.73. The van der Waals surface area contributed by atoms with Crippen molar-refractivity contribution in [1.82, 2.24) is 14.9 Å². The molecule has 1 aromatic heterocycles. The first-order chi connectivity index (χ1) is 13.0. The summed E-state index contributed by atoms with van der Waals surface area (Å²) in [5, 5.41) is 0.870. The fraction of sp³-hybridized carbons (Fsp3) is 0.250. The van der Waals surface area contributed by atoms with Gasteiger partial charge in [0.2, 0.25) is 5.91 Å². The van der Waals surface area contributed by atoms with Gasteiger partial charge in [0.05, 0.1) is 16.9 Å². The lowest BCUT2D eigenvalue weighted by Gasteiger charge is -2.35. The van der Waals surface area contributed by atoms with Crippen LogP contribution in [0.5, 0.6) is 0 Å². The highest BCUT2D eigenvalue weighted by molar-refractivity contribution is 9.10. The zero-order valence-electron chi connectivity index (χ0n) is 14.8.